The van der Waals surface area contributed by atoms with E-state index in [0.717, 1.165) is 4.68 Å². The van der Waals surface area contributed by atoms with Crippen LogP contribution in [-0.4, -0.2) is 33.3 Å². The first-order chi connectivity index (χ1) is 7.61. The van der Waals surface area contributed by atoms with Gasteiger partial charge < -0.3 is 4.74 Å². The highest BCUT2D eigenvalue weighted by molar-refractivity contribution is 5.80. The summed E-state index contributed by atoms with van der Waals surface area (Å²) in [6.07, 6.45) is -1.04. The third kappa shape index (κ3) is 1.80. The Kier molecular flexibility index (Phi) is 2.67. The van der Waals surface area contributed by atoms with E-state index in [9.17, 15) is 8.78 Å². The van der Waals surface area contributed by atoms with Crippen molar-refractivity contribution in [3.63, 3.8) is 0 Å². The molecule has 0 saturated heterocycles. The van der Waals surface area contributed by atoms with Crippen LogP contribution in [0, 0.1) is 6.92 Å². The maximum atomic E-state index is 12.3. The topological polar surface area (TPSA) is 52.8 Å². The summed E-state index contributed by atoms with van der Waals surface area (Å²) in [5, 5.41) is 4.38. The van der Waals surface area contributed by atoms with Crippen molar-refractivity contribution in [2.24, 2.45) is 0 Å². The summed E-state index contributed by atoms with van der Waals surface area (Å²) in [6, 6.07) is 0. The van der Waals surface area contributed by atoms with E-state index in [1.807, 2.05) is 0 Å². The minimum absolute atomic E-state index is 0.350. The van der Waals surface area contributed by atoms with Gasteiger partial charge in [0, 0.05) is 0 Å². The molecule has 0 N–H and O–H groups in total. The average molecular weight is 228 g/mol. The molecule has 0 radical (unpaired) electrons. The molecule has 0 bridgehead atoms. The molecule has 0 fully saturated rings. The summed E-state index contributed by atoms with van der Waals surface area (Å²) >= 11 is 0. The van der Waals surface area contributed by atoms with Crippen molar-refractivity contribution >= 4 is 11.0 Å². The van der Waals surface area contributed by atoms with Crippen LogP contribution in [0.5, 0.6) is 5.88 Å². The summed E-state index contributed by atoms with van der Waals surface area (Å²) in [5.41, 5.74) is 0.365. The van der Waals surface area contributed by atoms with Crippen molar-refractivity contribution in [3.05, 3.63) is 12.0 Å². The molecule has 0 spiro atoms. The van der Waals surface area contributed by atoms with Crippen molar-refractivity contribution in [2.75, 3.05) is 7.11 Å². The molecule has 2 aromatic rings. The second-order valence-corrected chi connectivity index (χ2v) is 3.24. The molecule has 0 aliphatic rings. The Morgan fingerprint density at radius 2 is 2.19 bits per heavy atom. The van der Waals surface area contributed by atoms with Crippen molar-refractivity contribution in [1.29, 1.82) is 0 Å². The summed E-state index contributed by atoms with van der Waals surface area (Å²) in [7, 11) is 1.46. The minimum atomic E-state index is -2.47. The Balaban J connectivity index is 2.58. The number of hydrogen-bond donors (Lipinski definition) is 0. The second-order valence-electron chi connectivity index (χ2n) is 3.24. The molecular weight excluding hydrogens is 218 g/mol. The van der Waals surface area contributed by atoms with Crippen LogP contribution in [0.25, 0.3) is 11.0 Å². The van der Waals surface area contributed by atoms with Crippen LogP contribution < -0.4 is 4.74 Å². The molecule has 0 saturated carbocycles. The third-order valence-electron chi connectivity index (χ3n) is 2.08. The Hall–Kier alpha value is -1.79. The summed E-state index contributed by atoms with van der Waals surface area (Å²) in [5.74, 6) is 0.809. The van der Waals surface area contributed by atoms with Gasteiger partial charge in [-0.3, -0.25) is 0 Å². The predicted octanol–water partition coefficient (Wildman–Crippen LogP) is 1.41. The number of ether oxygens (including phenoxy) is 1. The van der Waals surface area contributed by atoms with Crippen LogP contribution in [0.4, 0.5) is 8.78 Å². The molecule has 0 aliphatic heterocycles. The molecule has 0 unspecified atom stereocenters. The van der Waals surface area contributed by atoms with Gasteiger partial charge in [-0.1, -0.05) is 0 Å². The quantitative estimate of drug-likeness (QED) is 0.797. The minimum Gasteiger partial charge on any atom is -0.480 e. The van der Waals surface area contributed by atoms with Gasteiger partial charge in [-0.05, 0) is 6.92 Å². The lowest BCUT2D eigenvalue weighted by Gasteiger charge is -2.04. The fourth-order valence-electron chi connectivity index (χ4n) is 1.45. The molecule has 0 aliphatic carbocycles. The molecular formula is C9H10F2N4O. The highest BCUT2D eigenvalue weighted by atomic mass is 19.3. The summed E-state index contributed by atoms with van der Waals surface area (Å²) in [4.78, 5) is 8.11. The van der Waals surface area contributed by atoms with Gasteiger partial charge in [-0.25, -0.2) is 18.4 Å². The monoisotopic (exact) mass is 228 g/mol. The number of rotatable bonds is 3. The average Bonchev–Trinajstić information content (AvgIpc) is 2.59. The molecule has 5 nitrogen and oxygen atoms in total. The Bertz CT molecular complexity index is 511. The predicted molar refractivity (Wildman–Crippen MR) is 52.6 cm³/mol. The normalized spacial score (nSPS) is 11.3. The van der Waals surface area contributed by atoms with Crippen LogP contribution in [0.2, 0.25) is 0 Å². The van der Waals surface area contributed by atoms with Crippen LogP contribution in [0.15, 0.2) is 6.20 Å². The number of fused-ring (bicyclic) bond motifs is 1. The molecule has 0 amide bonds. The van der Waals surface area contributed by atoms with E-state index in [1.54, 1.807) is 6.92 Å². The van der Waals surface area contributed by atoms with Crippen molar-refractivity contribution in [2.45, 2.75) is 19.9 Å². The molecule has 0 atom stereocenters. The first kappa shape index (κ1) is 10.7. The Morgan fingerprint density at radius 1 is 1.44 bits per heavy atom. The van der Waals surface area contributed by atoms with Crippen LogP contribution in [0.3, 0.4) is 0 Å². The van der Waals surface area contributed by atoms with Gasteiger partial charge in [-0.15, -0.1) is 0 Å². The van der Waals surface area contributed by atoms with Gasteiger partial charge in [0.1, 0.15) is 17.8 Å². The number of methoxy groups -OCH3 is 1. The van der Waals surface area contributed by atoms with Gasteiger partial charge >= 0.3 is 0 Å². The number of hydrogen-bond acceptors (Lipinski definition) is 4. The summed E-state index contributed by atoms with van der Waals surface area (Å²) < 4.78 is 30.7. The standard InChI is InChI=1S/C9H10F2N4O/c1-5-13-8-6(9(14-5)16-2)3-12-15(8)4-7(10)11/h3,7H,4H2,1-2H3. The fourth-order valence-corrected chi connectivity index (χ4v) is 1.45. The second kappa shape index (κ2) is 3.99. The third-order valence-corrected chi connectivity index (χ3v) is 2.08. The smallest absolute Gasteiger partial charge is 0.258 e. The van der Waals surface area contributed by atoms with Crippen LogP contribution in [-0.2, 0) is 6.54 Å². The van der Waals surface area contributed by atoms with E-state index >= 15 is 0 Å². The zero-order chi connectivity index (χ0) is 11.7. The number of halogens is 2. The van der Waals surface area contributed by atoms with Gasteiger partial charge in [-0.2, -0.15) is 10.1 Å². The first-order valence-electron chi connectivity index (χ1n) is 4.64. The lowest BCUT2D eigenvalue weighted by Crippen LogP contribution is -2.09. The molecule has 2 rings (SSSR count). The SMILES string of the molecule is COc1nc(C)nc2c1cnn2CC(F)F. The lowest BCUT2D eigenvalue weighted by atomic mass is 10.4. The highest BCUT2D eigenvalue weighted by Gasteiger charge is 2.14. The van der Waals surface area contributed by atoms with E-state index in [1.165, 1.54) is 13.3 Å². The zero-order valence-corrected chi connectivity index (χ0v) is 8.81. The van der Waals surface area contributed by atoms with Crippen LogP contribution in [0.1, 0.15) is 5.82 Å². The number of alkyl halides is 2. The Morgan fingerprint density at radius 3 is 2.81 bits per heavy atom. The molecule has 2 heterocycles. The Labute approximate surface area is 90.1 Å². The first-order valence-corrected chi connectivity index (χ1v) is 4.64. The maximum absolute atomic E-state index is 12.3. The fraction of sp³-hybridized carbons (Fsp3) is 0.444. The van der Waals surface area contributed by atoms with Gasteiger partial charge in [0.2, 0.25) is 5.88 Å². The van der Waals surface area contributed by atoms with E-state index in [4.69, 9.17) is 4.74 Å². The van der Waals surface area contributed by atoms with E-state index in [2.05, 4.69) is 15.1 Å². The highest BCUT2D eigenvalue weighted by Crippen LogP contribution is 2.21. The molecule has 7 heteroatoms. The van der Waals surface area contributed by atoms with Gasteiger partial charge in [0.05, 0.1) is 13.3 Å². The van der Waals surface area contributed by atoms with Crippen molar-refractivity contribution in [1.82, 2.24) is 19.7 Å². The largest absolute Gasteiger partial charge is 0.480 e. The van der Waals surface area contributed by atoms with Gasteiger partial charge in [0.25, 0.3) is 6.43 Å². The lowest BCUT2D eigenvalue weighted by molar-refractivity contribution is 0.123. The number of aryl methyl sites for hydroxylation is 1. The molecule has 86 valence electrons. The van der Waals surface area contributed by atoms with E-state index in [0.29, 0.717) is 22.7 Å². The van der Waals surface area contributed by atoms with Crippen LogP contribution >= 0.6 is 0 Å². The number of nitrogens with zero attached hydrogens (tertiary/aromatic N) is 4. The van der Waals surface area contributed by atoms with E-state index in [-0.39, 0.29) is 0 Å². The van der Waals surface area contributed by atoms with Crippen molar-refractivity contribution in [3.8, 4) is 5.88 Å². The molecule has 16 heavy (non-hydrogen) atoms. The molecule has 0 aromatic carbocycles. The summed E-state index contributed by atoms with van der Waals surface area (Å²) in [6.45, 7) is 1.19. The van der Waals surface area contributed by atoms with E-state index < -0.39 is 13.0 Å². The number of aromatic nitrogens is 4. The zero-order valence-electron chi connectivity index (χ0n) is 8.81. The van der Waals surface area contributed by atoms with Gasteiger partial charge in [0.15, 0.2) is 5.65 Å². The maximum Gasteiger partial charge on any atom is 0.258 e. The van der Waals surface area contributed by atoms with Crippen molar-refractivity contribution < 1.29 is 13.5 Å². The molecule has 2 aromatic heterocycles.